The van der Waals surface area contributed by atoms with E-state index < -0.39 is 0 Å². The Hall–Kier alpha value is -3.05. The number of carbonyl (C=O) groups excluding carboxylic acids is 1. The first-order valence-corrected chi connectivity index (χ1v) is 8.54. The molecule has 1 N–H and O–H groups in total. The average molecular weight is 348 g/mol. The van der Waals surface area contributed by atoms with Crippen LogP contribution < -0.4 is 5.32 Å². The van der Waals surface area contributed by atoms with Crippen molar-refractivity contribution in [2.24, 2.45) is 0 Å². The van der Waals surface area contributed by atoms with Crippen LogP contribution in [0.3, 0.4) is 0 Å². The van der Waals surface area contributed by atoms with E-state index in [1.165, 1.54) is 17.4 Å². The number of para-hydroxylation sites is 1. The second-order valence-electron chi connectivity index (χ2n) is 5.50. The molecule has 0 aliphatic heterocycles. The number of halogens is 1. The summed E-state index contributed by atoms with van der Waals surface area (Å²) in [4.78, 5) is 16.5. The van der Waals surface area contributed by atoms with E-state index in [1.54, 1.807) is 24.3 Å². The molecule has 3 aromatic carbocycles. The molecule has 0 atom stereocenters. The molecule has 1 aromatic heterocycles. The first-order chi connectivity index (χ1) is 12.2. The number of aromatic nitrogens is 1. The van der Waals surface area contributed by atoms with E-state index in [9.17, 15) is 9.18 Å². The first kappa shape index (κ1) is 15.5. The molecule has 4 rings (SSSR count). The lowest BCUT2D eigenvalue weighted by molar-refractivity contribution is 0.102. The second kappa shape index (κ2) is 6.45. The molecule has 0 unspecified atom stereocenters. The topological polar surface area (TPSA) is 42.0 Å². The van der Waals surface area contributed by atoms with Crippen LogP contribution in [0.15, 0.2) is 72.8 Å². The summed E-state index contributed by atoms with van der Waals surface area (Å²) < 4.78 is 14.4. The fourth-order valence-electron chi connectivity index (χ4n) is 2.58. The van der Waals surface area contributed by atoms with E-state index in [4.69, 9.17) is 0 Å². The van der Waals surface area contributed by atoms with Gasteiger partial charge in [-0.3, -0.25) is 10.1 Å². The molecule has 0 saturated carbocycles. The minimum atomic E-state index is -0.388. The van der Waals surface area contributed by atoms with E-state index in [0.717, 1.165) is 11.1 Å². The Bertz CT molecular complexity index is 1040. The van der Waals surface area contributed by atoms with Crippen LogP contribution >= 0.6 is 11.3 Å². The molecule has 1 amide bonds. The smallest absolute Gasteiger partial charge is 0.257 e. The Kier molecular flexibility index (Phi) is 3.99. The van der Waals surface area contributed by atoms with Gasteiger partial charge in [-0.15, -0.1) is 0 Å². The highest BCUT2D eigenvalue weighted by molar-refractivity contribution is 7.22. The van der Waals surface area contributed by atoms with Gasteiger partial charge in [0.1, 0.15) is 11.3 Å². The average Bonchev–Trinajstić information content (AvgIpc) is 3.06. The predicted molar refractivity (Wildman–Crippen MR) is 99.4 cm³/mol. The van der Waals surface area contributed by atoms with Crippen LogP contribution in [-0.2, 0) is 0 Å². The van der Waals surface area contributed by atoms with E-state index >= 15 is 0 Å². The highest BCUT2D eigenvalue weighted by Crippen LogP contribution is 2.28. The van der Waals surface area contributed by atoms with Crippen LogP contribution in [0.25, 0.3) is 21.3 Å². The molecular formula is C20H13FN2OS. The Balaban J connectivity index is 1.55. The fourth-order valence-corrected chi connectivity index (χ4v) is 3.46. The Morgan fingerprint density at radius 2 is 1.60 bits per heavy atom. The molecule has 3 nitrogen and oxygen atoms in total. The number of hydrogen-bond acceptors (Lipinski definition) is 3. The maximum atomic E-state index is 13.7. The van der Waals surface area contributed by atoms with Gasteiger partial charge in [0.05, 0.1) is 4.70 Å². The summed E-state index contributed by atoms with van der Waals surface area (Å²) >= 11 is 1.25. The van der Waals surface area contributed by atoms with Gasteiger partial charge in [-0.25, -0.2) is 9.37 Å². The highest BCUT2D eigenvalue weighted by Gasteiger charge is 2.12. The SMILES string of the molecule is O=C(Nc1nc2c(F)cccc2s1)c1ccc(-c2ccccc2)cc1. The number of rotatable bonds is 3. The van der Waals surface area contributed by atoms with Crippen molar-refractivity contribution >= 4 is 32.6 Å². The van der Waals surface area contributed by atoms with Gasteiger partial charge in [0.15, 0.2) is 5.13 Å². The van der Waals surface area contributed by atoms with Gasteiger partial charge in [0.25, 0.3) is 5.91 Å². The third-order valence-electron chi connectivity index (χ3n) is 3.84. The van der Waals surface area contributed by atoms with Gasteiger partial charge in [-0.2, -0.15) is 0 Å². The molecule has 0 radical (unpaired) electrons. The van der Waals surface area contributed by atoms with Gasteiger partial charge >= 0.3 is 0 Å². The molecule has 0 fully saturated rings. The fraction of sp³-hybridized carbons (Fsp3) is 0. The van der Waals surface area contributed by atoms with Crippen LogP contribution in [0.5, 0.6) is 0 Å². The highest BCUT2D eigenvalue weighted by atomic mass is 32.1. The van der Waals surface area contributed by atoms with Gasteiger partial charge in [0, 0.05) is 5.56 Å². The third kappa shape index (κ3) is 3.14. The normalized spacial score (nSPS) is 10.8. The Labute approximate surface area is 147 Å². The summed E-state index contributed by atoms with van der Waals surface area (Å²) in [6.45, 7) is 0. The van der Waals surface area contributed by atoms with Crippen molar-refractivity contribution in [2.45, 2.75) is 0 Å². The molecule has 4 aromatic rings. The minimum absolute atomic E-state index is 0.265. The quantitative estimate of drug-likeness (QED) is 0.542. The standard InChI is InChI=1S/C20H13FN2OS/c21-16-7-4-8-17-18(16)22-20(25-17)23-19(24)15-11-9-14(10-12-15)13-5-2-1-3-6-13/h1-12H,(H,22,23,24). The van der Waals surface area contributed by atoms with Crippen LogP contribution in [0.1, 0.15) is 10.4 Å². The van der Waals surface area contributed by atoms with Crippen LogP contribution in [0.2, 0.25) is 0 Å². The van der Waals surface area contributed by atoms with Crippen molar-refractivity contribution in [2.75, 3.05) is 5.32 Å². The van der Waals surface area contributed by atoms with Crippen molar-refractivity contribution in [1.82, 2.24) is 4.98 Å². The summed E-state index contributed by atoms with van der Waals surface area (Å²) in [7, 11) is 0. The lowest BCUT2D eigenvalue weighted by Gasteiger charge is -2.04. The largest absolute Gasteiger partial charge is 0.298 e. The summed E-state index contributed by atoms with van der Waals surface area (Å²) in [5.41, 5.74) is 2.94. The third-order valence-corrected chi connectivity index (χ3v) is 4.78. The molecule has 1 heterocycles. The second-order valence-corrected chi connectivity index (χ2v) is 6.53. The van der Waals surface area contributed by atoms with E-state index in [2.05, 4.69) is 10.3 Å². The first-order valence-electron chi connectivity index (χ1n) is 7.72. The molecule has 25 heavy (non-hydrogen) atoms. The van der Waals surface area contributed by atoms with Gasteiger partial charge in [-0.05, 0) is 35.4 Å². The minimum Gasteiger partial charge on any atom is -0.298 e. The van der Waals surface area contributed by atoms with E-state index in [1.807, 2.05) is 42.5 Å². The number of fused-ring (bicyclic) bond motifs is 1. The number of carbonyl (C=O) groups is 1. The number of anilines is 1. The predicted octanol–water partition coefficient (Wildman–Crippen LogP) is 5.35. The van der Waals surface area contributed by atoms with Crippen molar-refractivity contribution in [1.29, 1.82) is 0 Å². The number of thiazole rings is 1. The summed E-state index contributed by atoms with van der Waals surface area (Å²) in [6, 6.07) is 22.1. The summed E-state index contributed by atoms with van der Waals surface area (Å²) in [6.07, 6.45) is 0. The zero-order valence-corrected chi connectivity index (χ0v) is 13.9. The van der Waals surface area contributed by atoms with Crippen LogP contribution in [0, 0.1) is 5.82 Å². The van der Waals surface area contributed by atoms with Crippen molar-refractivity contribution in [3.63, 3.8) is 0 Å². The molecule has 0 spiro atoms. The van der Waals surface area contributed by atoms with Gasteiger partial charge < -0.3 is 0 Å². The molecule has 0 saturated heterocycles. The van der Waals surface area contributed by atoms with Crippen LogP contribution in [-0.4, -0.2) is 10.9 Å². The number of nitrogens with one attached hydrogen (secondary N) is 1. The Morgan fingerprint density at radius 3 is 2.32 bits per heavy atom. The zero-order valence-electron chi connectivity index (χ0n) is 13.1. The lowest BCUT2D eigenvalue weighted by atomic mass is 10.0. The summed E-state index contributed by atoms with van der Waals surface area (Å²) in [5.74, 6) is -0.652. The van der Waals surface area contributed by atoms with Gasteiger partial charge in [0.2, 0.25) is 0 Å². The maximum absolute atomic E-state index is 13.7. The van der Waals surface area contributed by atoms with E-state index in [0.29, 0.717) is 15.4 Å². The number of amides is 1. The zero-order chi connectivity index (χ0) is 17.2. The molecule has 5 heteroatoms. The molecule has 122 valence electrons. The van der Waals surface area contributed by atoms with Crippen molar-refractivity contribution in [3.8, 4) is 11.1 Å². The Morgan fingerprint density at radius 1 is 0.880 bits per heavy atom. The maximum Gasteiger partial charge on any atom is 0.257 e. The number of hydrogen-bond donors (Lipinski definition) is 1. The van der Waals surface area contributed by atoms with Crippen LogP contribution in [0.4, 0.5) is 9.52 Å². The number of benzene rings is 3. The molecule has 0 bridgehead atoms. The van der Waals surface area contributed by atoms with E-state index in [-0.39, 0.29) is 17.2 Å². The lowest BCUT2D eigenvalue weighted by Crippen LogP contribution is -2.11. The molecule has 0 aliphatic carbocycles. The molecule has 0 aliphatic rings. The van der Waals surface area contributed by atoms with Crippen molar-refractivity contribution < 1.29 is 9.18 Å². The summed E-state index contributed by atoms with van der Waals surface area (Å²) in [5, 5.41) is 3.12. The monoisotopic (exact) mass is 348 g/mol. The van der Waals surface area contributed by atoms with Crippen molar-refractivity contribution in [3.05, 3.63) is 84.2 Å². The number of nitrogens with zero attached hydrogens (tertiary/aromatic N) is 1. The molecular weight excluding hydrogens is 335 g/mol. The van der Waals surface area contributed by atoms with Gasteiger partial charge in [-0.1, -0.05) is 59.9 Å².